The van der Waals surface area contributed by atoms with Crippen LogP contribution in [0.2, 0.25) is 5.15 Å². The normalized spacial score (nSPS) is 10.6. The average molecular weight is 328 g/mol. The molecule has 2 aromatic rings. The number of para-hydroxylation sites is 1. The van der Waals surface area contributed by atoms with E-state index in [-0.39, 0.29) is 23.1 Å². The minimum atomic E-state index is -2.98. The lowest BCUT2D eigenvalue weighted by atomic mass is 10.0. The van der Waals surface area contributed by atoms with Crippen LogP contribution in [0.5, 0.6) is 5.75 Å². The minimum absolute atomic E-state index is 0.0645. The van der Waals surface area contributed by atoms with E-state index in [0.29, 0.717) is 11.1 Å². The molecule has 0 atom stereocenters. The van der Waals surface area contributed by atoms with Crippen molar-refractivity contribution in [3.8, 4) is 16.9 Å². The third-order valence-electron chi connectivity index (χ3n) is 2.76. The summed E-state index contributed by atoms with van der Waals surface area (Å²) < 4.78 is 34.5. The van der Waals surface area contributed by atoms with Crippen molar-refractivity contribution in [1.29, 1.82) is 0 Å². The van der Waals surface area contributed by atoms with Crippen LogP contribution in [-0.2, 0) is 4.74 Å². The van der Waals surface area contributed by atoms with Gasteiger partial charge in [-0.05, 0) is 19.1 Å². The highest BCUT2D eigenvalue weighted by atomic mass is 35.5. The monoisotopic (exact) mass is 327 g/mol. The molecule has 0 bridgehead atoms. The minimum Gasteiger partial charge on any atom is -0.462 e. The Morgan fingerprint density at radius 2 is 2.05 bits per heavy atom. The Balaban J connectivity index is 2.56. The number of ether oxygens (including phenoxy) is 2. The lowest BCUT2D eigenvalue weighted by Gasteiger charge is -2.13. The van der Waals surface area contributed by atoms with E-state index in [0.717, 1.165) is 0 Å². The lowest BCUT2D eigenvalue weighted by molar-refractivity contribution is -0.0494. The zero-order valence-electron chi connectivity index (χ0n) is 11.6. The van der Waals surface area contributed by atoms with Crippen molar-refractivity contribution >= 4 is 17.6 Å². The van der Waals surface area contributed by atoms with Crippen molar-refractivity contribution in [2.24, 2.45) is 0 Å². The molecule has 0 saturated carbocycles. The predicted molar refractivity (Wildman–Crippen MR) is 77.3 cm³/mol. The number of rotatable bonds is 5. The molecule has 0 spiro atoms. The van der Waals surface area contributed by atoms with Gasteiger partial charge in [0.05, 0.1) is 12.2 Å². The second kappa shape index (κ2) is 7.17. The van der Waals surface area contributed by atoms with Gasteiger partial charge in [0, 0.05) is 17.3 Å². The molecule has 4 nitrogen and oxygen atoms in total. The molecular weight excluding hydrogens is 316 g/mol. The van der Waals surface area contributed by atoms with Gasteiger partial charge >= 0.3 is 12.6 Å². The molecule has 0 unspecified atom stereocenters. The molecule has 0 radical (unpaired) electrons. The van der Waals surface area contributed by atoms with Gasteiger partial charge in [-0.25, -0.2) is 9.78 Å². The standard InChI is InChI=1S/C15H12ClF2NO3/c1-2-21-14(20)11-8-19-13(16)7-10(11)9-5-3-4-6-12(9)22-15(17)18/h3-8,15H,2H2,1H3. The number of nitrogens with zero attached hydrogens (tertiary/aromatic N) is 1. The molecule has 1 heterocycles. The number of carbonyl (C=O) groups excluding carboxylic acids is 1. The number of hydrogen-bond acceptors (Lipinski definition) is 4. The van der Waals surface area contributed by atoms with Crippen LogP contribution in [0, 0.1) is 0 Å². The van der Waals surface area contributed by atoms with Crippen LogP contribution in [0.25, 0.3) is 11.1 Å². The van der Waals surface area contributed by atoms with E-state index in [1.807, 2.05) is 0 Å². The fraction of sp³-hybridized carbons (Fsp3) is 0.200. The van der Waals surface area contributed by atoms with E-state index in [4.69, 9.17) is 16.3 Å². The van der Waals surface area contributed by atoms with Crippen molar-refractivity contribution in [2.75, 3.05) is 6.61 Å². The van der Waals surface area contributed by atoms with Gasteiger partial charge in [-0.2, -0.15) is 8.78 Å². The van der Waals surface area contributed by atoms with Crippen LogP contribution in [0.3, 0.4) is 0 Å². The van der Waals surface area contributed by atoms with Crippen LogP contribution in [0.15, 0.2) is 36.5 Å². The van der Waals surface area contributed by atoms with Crippen molar-refractivity contribution in [2.45, 2.75) is 13.5 Å². The van der Waals surface area contributed by atoms with Gasteiger partial charge < -0.3 is 9.47 Å². The first-order valence-corrected chi connectivity index (χ1v) is 6.77. The quantitative estimate of drug-likeness (QED) is 0.610. The number of alkyl halides is 2. The Kier molecular flexibility index (Phi) is 5.27. The molecule has 0 saturated heterocycles. The largest absolute Gasteiger partial charge is 0.462 e. The molecule has 1 aromatic heterocycles. The number of pyridine rings is 1. The molecule has 0 N–H and O–H groups in total. The van der Waals surface area contributed by atoms with E-state index in [1.54, 1.807) is 25.1 Å². The first-order valence-electron chi connectivity index (χ1n) is 6.39. The Bertz CT molecular complexity index is 680. The van der Waals surface area contributed by atoms with E-state index in [2.05, 4.69) is 9.72 Å². The van der Waals surface area contributed by atoms with Crippen LogP contribution >= 0.6 is 11.6 Å². The van der Waals surface area contributed by atoms with Gasteiger partial charge in [0.2, 0.25) is 0 Å². The molecular formula is C15H12ClF2NO3. The van der Waals surface area contributed by atoms with E-state index in [9.17, 15) is 13.6 Å². The summed E-state index contributed by atoms with van der Waals surface area (Å²) in [6, 6.07) is 7.52. The zero-order chi connectivity index (χ0) is 16.1. The number of esters is 1. The highest BCUT2D eigenvalue weighted by molar-refractivity contribution is 6.29. The fourth-order valence-electron chi connectivity index (χ4n) is 1.91. The molecule has 0 fully saturated rings. The van der Waals surface area contributed by atoms with Crippen molar-refractivity contribution in [1.82, 2.24) is 4.98 Å². The first-order chi connectivity index (χ1) is 10.5. The average Bonchev–Trinajstić information content (AvgIpc) is 2.47. The van der Waals surface area contributed by atoms with Gasteiger partial charge in [-0.15, -0.1) is 0 Å². The Morgan fingerprint density at radius 3 is 2.73 bits per heavy atom. The highest BCUT2D eigenvalue weighted by Gasteiger charge is 2.19. The summed E-state index contributed by atoms with van der Waals surface area (Å²) >= 11 is 5.85. The van der Waals surface area contributed by atoms with E-state index >= 15 is 0 Å². The SMILES string of the molecule is CCOC(=O)c1cnc(Cl)cc1-c1ccccc1OC(F)F. The molecule has 7 heteroatoms. The van der Waals surface area contributed by atoms with Gasteiger partial charge in [-0.1, -0.05) is 29.8 Å². The fourth-order valence-corrected chi connectivity index (χ4v) is 2.07. The number of hydrogen-bond donors (Lipinski definition) is 0. The summed E-state index contributed by atoms with van der Waals surface area (Å²) in [6.45, 7) is -1.14. The molecule has 0 aliphatic heterocycles. The maximum Gasteiger partial charge on any atom is 0.387 e. The Hall–Kier alpha value is -2.21. The van der Waals surface area contributed by atoms with Gasteiger partial charge in [0.25, 0.3) is 0 Å². The van der Waals surface area contributed by atoms with Gasteiger partial charge in [-0.3, -0.25) is 0 Å². The third-order valence-corrected chi connectivity index (χ3v) is 2.97. The van der Waals surface area contributed by atoms with E-state index in [1.165, 1.54) is 18.3 Å². The summed E-state index contributed by atoms with van der Waals surface area (Å²) in [7, 11) is 0. The summed E-state index contributed by atoms with van der Waals surface area (Å²) in [4.78, 5) is 15.8. The molecule has 2 rings (SSSR count). The van der Waals surface area contributed by atoms with Crippen LogP contribution < -0.4 is 4.74 Å². The zero-order valence-corrected chi connectivity index (χ0v) is 12.3. The third kappa shape index (κ3) is 3.71. The number of aromatic nitrogens is 1. The molecule has 0 amide bonds. The maximum absolute atomic E-state index is 12.5. The number of benzene rings is 1. The molecule has 116 valence electrons. The van der Waals surface area contributed by atoms with E-state index < -0.39 is 12.6 Å². The van der Waals surface area contributed by atoms with Gasteiger partial charge in [0.1, 0.15) is 10.9 Å². The highest BCUT2D eigenvalue weighted by Crippen LogP contribution is 2.34. The molecule has 22 heavy (non-hydrogen) atoms. The van der Waals surface area contributed by atoms with Crippen LogP contribution in [-0.4, -0.2) is 24.2 Å². The summed E-state index contributed by atoms with van der Waals surface area (Å²) in [5.41, 5.74) is 0.737. The van der Waals surface area contributed by atoms with Gasteiger partial charge in [0.15, 0.2) is 0 Å². The first kappa shape index (κ1) is 16.2. The lowest BCUT2D eigenvalue weighted by Crippen LogP contribution is -2.08. The van der Waals surface area contributed by atoms with Crippen LogP contribution in [0.1, 0.15) is 17.3 Å². The van der Waals surface area contributed by atoms with Crippen molar-refractivity contribution in [3.63, 3.8) is 0 Å². The molecule has 1 aromatic carbocycles. The molecule has 0 aliphatic rings. The predicted octanol–water partition coefficient (Wildman–Crippen LogP) is 4.18. The summed E-state index contributed by atoms with van der Waals surface area (Å²) in [5, 5.41) is 0.120. The van der Waals surface area contributed by atoms with Crippen LogP contribution in [0.4, 0.5) is 8.78 Å². The maximum atomic E-state index is 12.5. The molecule has 0 aliphatic carbocycles. The number of carbonyl (C=O) groups is 1. The smallest absolute Gasteiger partial charge is 0.387 e. The summed E-state index contributed by atoms with van der Waals surface area (Å²) in [6.07, 6.45) is 1.24. The summed E-state index contributed by atoms with van der Waals surface area (Å²) in [5.74, 6) is -0.682. The second-order valence-corrected chi connectivity index (χ2v) is 4.53. The van der Waals surface area contributed by atoms with Crippen molar-refractivity contribution < 1.29 is 23.0 Å². The Labute approximate surface area is 130 Å². The number of halogens is 3. The topological polar surface area (TPSA) is 48.4 Å². The second-order valence-electron chi connectivity index (χ2n) is 4.15. The van der Waals surface area contributed by atoms with Crippen molar-refractivity contribution in [3.05, 3.63) is 47.2 Å². The Morgan fingerprint density at radius 1 is 1.32 bits per heavy atom.